The van der Waals surface area contributed by atoms with Crippen LogP contribution in [0.2, 0.25) is 0 Å². The standard InChI is InChI=1S/C30H29N3O5S/c1-20-17-24-5-3-7-27(39(36)31-19-26-6-4-16-38-26)18-28(24)33(20)30(35)32-25-14-12-22(13-15-25)21-8-10-23(11-9-21)29(34)37-2/h3-6,8-16,18,20,31H,7,17,19H2,1-2H3,(H,32,35). The molecule has 0 saturated carbocycles. The number of esters is 1. The lowest BCUT2D eigenvalue weighted by molar-refractivity contribution is 0.0600. The molecule has 5 rings (SSSR count). The van der Waals surface area contributed by atoms with E-state index in [0.717, 1.165) is 28.8 Å². The van der Waals surface area contributed by atoms with Gasteiger partial charge in [0.15, 0.2) is 0 Å². The Bertz CT molecular complexity index is 1470. The van der Waals surface area contributed by atoms with E-state index < -0.39 is 11.0 Å². The third kappa shape index (κ3) is 5.94. The number of ether oxygens (including phenoxy) is 1. The lowest BCUT2D eigenvalue weighted by atomic mass is 10.0. The Balaban J connectivity index is 1.28. The summed E-state index contributed by atoms with van der Waals surface area (Å²) in [5.74, 6) is 0.323. The third-order valence-corrected chi connectivity index (χ3v) is 7.84. The summed E-state index contributed by atoms with van der Waals surface area (Å²) in [6.45, 7) is 2.35. The monoisotopic (exact) mass is 543 g/mol. The Labute approximate surface area is 229 Å². The van der Waals surface area contributed by atoms with Gasteiger partial charge in [0.05, 0.1) is 25.5 Å². The molecule has 0 saturated heterocycles. The molecule has 0 bridgehead atoms. The number of benzene rings is 2. The Kier molecular flexibility index (Phi) is 7.90. The molecule has 8 nitrogen and oxygen atoms in total. The fraction of sp³-hybridized carbons (Fsp3) is 0.200. The number of furan rings is 1. The number of nitrogens with one attached hydrogen (secondary N) is 2. The van der Waals surface area contributed by atoms with Gasteiger partial charge in [0, 0.05) is 28.8 Å². The van der Waals surface area contributed by atoms with Crippen LogP contribution in [0.3, 0.4) is 0 Å². The minimum absolute atomic E-state index is 0.0487. The van der Waals surface area contributed by atoms with Crippen LogP contribution in [-0.4, -0.2) is 34.3 Å². The second-order valence-electron chi connectivity index (χ2n) is 9.30. The molecule has 2 amide bonds. The molecule has 2 N–H and O–H groups in total. The van der Waals surface area contributed by atoms with Crippen LogP contribution in [0.4, 0.5) is 10.5 Å². The molecule has 9 heteroatoms. The molecule has 0 radical (unpaired) electrons. The fourth-order valence-electron chi connectivity index (χ4n) is 4.68. The van der Waals surface area contributed by atoms with Crippen molar-refractivity contribution in [1.29, 1.82) is 0 Å². The van der Waals surface area contributed by atoms with E-state index in [1.165, 1.54) is 7.11 Å². The van der Waals surface area contributed by atoms with Crippen LogP contribution < -0.4 is 10.0 Å². The molecule has 2 unspecified atom stereocenters. The van der Waals surface area contributed by atoms with Gasteiger partial charge in [0.1, 0.15) is 16.7 Å². The van der Waals surface area contributed by atoms with Crippen LogP contribution in [0.1, 0.15) is 35.9 Å². The maximum absolute atomic E-state index is 13.4. The van der Waals surface area contributed by atoms with Crippen LogP contribution in [0, 0.1) is 0 Å². The summed E-state index contributed by atoms with van der Waals surface area (Å²) in [6, 6.07) is 18.0. The van der Waals surface area contributed by atoms with Gasteiger partial charge in [-0.2, -0.15) is 0 Å². The van der Waals surface area contributed by atoms with Gasteiger partial charge in [-0.1, -0.05) is 36.4 Å². The lowest BCUT2D eigenvalue weighted by Gasteiger charge is -2.25. The van der Waals surface area contributed by atoms with Crippen molar-refractivity contribution in [3.8, 4) is 11.1 Å². The Morgan fingerprint density at radius 1 is 1.08 bits per heavy atom. The summed E-state index contributed by atoms with van der Waals surface area (Å²) in [4.78, 5) is 27.5. The molecule has 39 heavy (non-hydrogen) atoms. The van der Waals surface area contributed by atoms with Gasteiger partial charge in [-0.15, -0.1) is 0 Å². The van der Waals surface area contributed by atoms with E-state index in [1.54, 1.807) is 29.4 Å². The summed E-state index contributed by atoms with van der Waals surface area (Å²) in [7, 11) is -0.0785. The van der Waals surface area contributed by atoms with Gasteiger partial charge in [-0.3, -0.25) is 4.90 Å². The van der Waals surface area contributed by atoms with Crippen molar-refractivity contribution >= 4 is 28.7 Å². The minimum atomic E-state index is -1.43. The van der Waals surface area contributed by atoms with E-state index in [1.807, 2.05) is 67.6 Å². The van der Waals surface area contributed by atoms with Gasteiger partial charge in [0.25, 0.3) is 0 Å². The maximum atomic E-state index is 13.4. The molecular weight excluding hydrogens is 514 g/mol. The van der Waals surface area contributed by atoms with E-state index in [4.69, 9.17) is 9.15 Å². The summed E-state index contributed by atoms with van der Waals surface area (Å²) in [5, 5.41) is 3.00. The van der Waals surface area contributed by atoms with Crippen molar-refractivity contribution in [2.45, 2.75) is 32.4 Å². The van der Waals surface area contributed by atoms with Crippen LogP contribution in [0.5, 0.6) is 0 Å². The number of hydrogen-bond donors (Lipinski definition) is 2. The zero-order chi connectivity index (χ0) is 27.4. The molecule has 2 aliphatic rings. The molecule has 200 valence electrons. The van der Waals surface area contributed by atoms with Crippen molar-refractivity contribution in [3.63, 3.8) is 0 Å². The van der Waals surface area contributed by atoms with Crippen molar-refractivity contribution < 1.29 is 23.0 Å². The quantitative estimate of drug-likeness (QED) is 0.361. The Hall–Kier alpha value is -4.21. The van der Waals surface area contributed by atoms with E-state index in [2.05, 4.69) is 10.0 Å². The molecule has 1 aliphatic heterocycles. The highest BCUT2D eigenvalue weighted by atomic mass is 32.2. The molecule has 0 fully saturated rings. The number of anilines is 1. The van der Waals surface area contributed by atoms with Crippen LogP contribution >= 0.6 is 0 Å². The number of nitrogens with zero attached hydrogens (tertiary/aromatic N) is 1. The lowest BCUT2D eigenvalue weighted by Crippen LogP contribution is -2.37. The first-order valence-electron chi connectivity index (χ1n) is 12.6. The number of rotatable bonds is 7. The molecule has 1 aromatic heterocycles. The molecule has 0 spiro atoms. The second-order valence-corrected chi connectivity index (χ2v) is 10.6. The minimum Gasteiger partial charge on any atom is -0.468 e. The summed E-state index contributed by atoms with van der Waals surface area (Å²) < 4.78 is 26.1. The summed E-state index contributed by atoms with van der Waals surface area (Å²) in [5.41, 5.74) is 4.85. The Morgan fingerprint density at radius 2 is 1.79 bits per heavy atom. The smallest absolute Gasteiger partial charge is 0.337 e. The molecule has 2 heterocycles. The van der Waals surface area contributed by atoms with Crippen LogP contribution in [0.25, 0.3) is 11.1 Å². The number of allylic oxidation sites excluding steroid dienone is 4. The van der Waals surface area contributed by atoms with Crippen LogP contribution in [0.15, 0.2) is 106 Å². The van der Waals surface area contributed by atoms with E-state index >= 15 is 0 Å². The highest BCUT2D eigenvalue weighted by molar-refractivity contribution is 7.87. The first-order valence-corrected chi connectivity index (χ1v) is 13.7. The van der Waals surface area contributed by atoms with Crippen molar-refractivity contribution in [3.05, 3.63) is 113 Å². The summed E-state index contributed by atoms with van der Waals surface area (Å²) in [6.07, 6.45) is 8.70. The van der Waals surface area contributed by atoms with Gasteiger partial charge in [0.2, 0.25) is 0 Å². The maximum Gasteiger partial charge on any atom is 0.337 e. The average Bonchev–Trinajstić information content (AvgIpc) is 3.53. The average molecular weight is 544 g/mol. The zero-order valence-corrected chi connectivity index (χ0v) is 22.5. The second kappa shape index (κ2) is 11.7. The predicted octanol–water partition coefficient (Wildman–Crippen LogP) is 5.91. The first kappa shape index (κ1) is 26.4. The van der Waals surface area contributed by atoms with E-state index in [9.17, 15) is 13.8 Å². The molecule has 2 aromatic carbocycles. The van der Waals surface area contributed by atoms with Crippen molar-refractivity contribution in [1.82, 2.24) is 9.62 Å². The Morgan fingerprint density at radius 3 is 2.46 bits per heavy atom. The van der Waals surface area contributed by atoms with E-state index in [-0.39, 0.29) is 18.0 Å². The fourth-order valence-corrected chi connectivity index (χ4v) is 5.60. The van der Waals surface area contributed by atoms with Gasteiger partial charge in [-0.25, -0.2) is 18.5 Å². The largest absolute Gasteiger partial charge is 0.468 e. The number of amides is 2. The number of hydrogen-bond acceptors (Lipinski definition) is 5. The zero-order valence-electron chi connectivity index (χ0n) is 21.7. The van der Waals surface area contributed by atoms with Crippen molar-refractivity contribution in [2.75, 3.05) is 12.4 Å². The van der Waals surface area contributed by atoms with Crippen LogP contribution in [-0.2, 0) is 22.3 Å². The molecule has 2 atom stereocenters. The SMILES string of the molecule is COC(=O)c1ccc(-c2ccc(NC(=O)N3C4=C(C=CCC(S(=O)NCc5ccco5)=C4)CC3C)cc2)cc1. The highest BCUT2D eigenvalue weighted by Gasteiger charge is 2.33. The van der Waals surface area contributed by atoms with Gasteiger partial charge in [-0.05, 0) is 72.5 Å². The molecular formula is C30H29N3O5S. The number of carbonyl (C=O) groups excluding carboxylic acids is 2. The summed E-state index contributed by atoms with van der Waals surface area (Å²) >= 11 is 0. The topological polar surface area (TPSA) is 101 Å². The normalized spacial score (nSPS) is 17.3. The number of urea groups is 1. The van der Waals surface area contributed by atoms with Gasteiger partial charge >= 0.3 is 12.0 Å². The van der Waals surface area contributed by atoms with E-state index in [0.29, 0.717) is 34.9 Å². The van der Waals surface area contributed by atoms with Crippen molar-refractivity contribution in [2.24, 2.45) is 0 Å². The molecule has 3 aromatic rings. The van der Waals surface area contributed by atoms with Gasteiger partial charge < -0.3 is 14.5 Å². The number of methoxy groups -OCH3 is 1. The third-order valence-electron chi connectivity index (χ3n) is 6.67. The number of carbonyl (C=O) groups is 2. The predicted molar refractivity (Wildman–Crippen MR) is 151 cm³/mol. The molecule has 1 aliphatic carbocycles. The highest BCUT2D eigenvalue weighted by Crippen LogP contribution is 2.34. The first-order chi connectivity index (χ1) is 18.9.